The molecule has 10 heteroatoms. The van der Waals surface area contributed by atoms with Gasteiger partial charge in [-0.1, -0.05) is 12.1 Å². The van der Waals surface area contributed by atoms with Gasteiger partial charge in [-0.05, 0) is 18.6 Å². The lowest BCUT2D eigenvalue weighted by molar-refractivity contribution is -0.384. The van der Waals surface area contributed by atoms with E-state index in [1.807, 2.05) is 6.92 Å². The van der Waals surface area contributed by atoms with E-state index in [1.165, 1.54) is 30.1 Å². The van der Waals surface area contributed by atoms with Crippen LogP contribution in [0.3, 0.4) is 0 Å². The fraction of sp³-hybridized carbons (Fsp3) is 0.188. The van der Waals surface area contributed by atoms with Crippen molar-refractivity contribution in [2.24, 2.45) is 0 Å². The highest BCUT2D eigenvalue weighted by Gasteiger charge is 2.14. The predicted octanol–water partition coefficient (Wildman–Crippen LogP) is 1.98. The number of nitro groups is 1. The van der Waals surface area contributed by atoms with Gasteiger partial charge in [0.25, 0.3) is 5.69 Å². The van der Waals surface area contributed by atoms with E-state index in [1.54, 1.807) is 18.2 Å². The maximum Gasteiger partial charge on any atom is 0.360 e. The summed E-state index contributed by atoms with van der Waals surface area (Å²) >= 11 is 0. The number of esters is 1. The average Bonchev–Trinajstić information content (AvgIpc) is 3.17. The first-order valence-electron chi connectivity index (χ1n) is 7.65. The molecule has 0 amide bonds. The number of nitro benzene ring substituents is 1. The van der Waals surface area contributed by atoms with Crippen LogP contribution in [0.5, 0.6) is 0 Å². The van der Waals surface area contributed by atoms with Crippen LogP contribution in [0.25, 0.3) is 17.2 Å². The van der Waals surface area contributed by atoms with Gasteiger partial charge < -0.3 is 4.74 Å². The summed E-state index contributed by atoms with van der Waals surface area (Å²) in [6, 6.07) is 7.67. The van der Waals surface area contributed by atoms with Crippen LogP contribution in [0.15, 0.2) is 36.5 Å². The summed E-state index contributed by atoms with van der Waals surface area (Å²) in [5, 5.41) is 18.4. The minimum atomic E-state index is -0.600. The van der Waals surface area contributed by atoms with Gasteiger partial charge in [-0.15, -0.1) is 5.10 Å². The number of carbonyl (C=O) groups excluding carboxylic acids is 1. The molecular weight excluding hydrogens is 340 g/mol. The monoisotopic (exact) mass is 354 g/mol. The molecule has 0 saturated carbocycles. The number of nitrogens with zero attached hydrogens (tertiary/aromatic N) is 6. The Morgan fingerprint density at radius 1 is 1.27 bits per heavy atom. The van der Waals surface area contributed by atoms with Crippen molar-refractivity contribution in [3.8, 4) is 17.2 Å². The largest absolute Gasteiger partial charge is 0.464 e. The van der Waals surface area contributed by atoms with Gasteiger partial charge in [0.05, 0.1) is 18.2 Å². The van der Waals surface area contributed by atoms with Gasteiger partial charge in [-0.25, -0.2) is 19.4 Å². The minimum Gasteiger partial charge on any atom is -0.464 e. The lowest BCUT2D eigenvalue weighted by Crippen LogP contribution is -2.04. The van der Waals surface area contributed by atoms with E-state index < -0.39 is 10.9 Å². The summed E-state index contributed by atoms with van der Waals surface area (Å²) in [4.78, 5) is 30.7. The number of non-ortho nitro benzene ring substituents is 1. The van der Waals surface area contributed by atoms with Gasteiger partial charge in [-0.2, -0.15) is 0 Å². The highest BCUT2D eigenvalue weighted by atomic mass is 16.6. The van der Waals surface area contributed by atoms with E-state index in [9.17, 15) is 14.9 Å². The second-order valence-corrected chi connectivity index (χ2v) is 5.24. The summed E-state index contributed by atoms with van der Waals surface area (Å²) in [6.45, 7) is 1.94. The normalized spacial score (nSPS) is 10.5. The Morgan fingerprint density at radius 2 is 2.00 bits per heavy atom. The standard InChI is InChI=1S/C16H14N6O4/c1-3-11-8-14(21-9-13(19-20-21)16(23)26-2)18-15(17-11)10-4-6-12(7-5-10)22(24)25/h4-9H,3H2,1-2H3. The Bertz CT molecular complexity index is 967. The highest BCUT2D eigenvalue weighted by Crippen LogP contribution is 2.21. The van der Waals surface area contributed by atoms with E-state index in [-0.39, 0.29) is 11.4 Å². The first-order valence-corrected chi connectivity index (χ1v) is 7.65. The number of hydrogen-bond acceptors (Lipinski definition) is 8. The average molecular weight is 354 g/mol. The van der Waals surface area contributed by atoms with Gasteiger partial charge in [0, 0.05) is 29.5 Å². The summed E-state index contributed by atoms with van der Waals surface area (Å²) in [6.07, 6.45) is 2.06. The Balaban J connectivity index is 2.02. The van der Waals surface area contributed by atoms with Crippen LogP contribution in [0.4, 0.5) is 5.69 Å². The predicted molar refractivity (Wildman–Crippen MR) is 89.8 cm³/mol. The molecule has 2 heterocycles. The van der Waals surface area contributed by atoms with Gasteiger partial charge in [-0.3, -0.25) is 10.1 Å². The van der Waals surface area contributed by atoms with Crippen molar-refractivity contribution in [1.29, 1.82) is 0 Å². The van der Waals surface area contributed by atoms with Crippen molar-refractivity contribution in [3.05, 3.63) is 58.0 Å². The third-order valence-electron chi connectivity index (χ3n) is 3.59. The smallest absolute Gasteiger partial charge is 0.360 e. The number of carbonyl (C=O) groups is 1. The van der Waals surface area contributed by atoms with Crippen molar-refractivity contribution >= 4 is 11.7 Å². The van der Waals surface area contributed by atoms with E-state index in [0.717, 1.165) is 5.69 Å². The van der Waals surface area contributed by atoms with Crippen LogP contribution >= 0.6 is 0 Å². The molecule has 1 aromatic carbocycles. The SMILES string of the molecule is CCc1cc(-n2cc(C(=O)OC)nn2)nc(-c2ccc([N+](=O)[O-])cc2)n1. The molecule has 0 atom stereocenters. The molecule has 0 unspecified atom stereocenters. The summed E-state index contributed by atoms with van der Waals surface area (Å²) in [7, 11) is 1.26. The van der Waals surface area contributed by atoms with Crippen LogP contribution < -0.4 is 0 Å². The molecule has 0 aliphatic heterocycles. The van der Waals surface area contributed by atoms with Crippen molar-refractivity contribution < 1.29 is 14.5 Å². The molecule has 0 radical (unpaired) electrons. The van der Waals surface area contributed by atoms with Crippen molar-refractivity contribution in [2.75, 3.05) is 7.11 Å². The first kappa shape index (κ1) is 17.1. The van der Waals surface area contributed by atoms with Gasteiger partial charge in [0.2, 0.25) is 0 Å². The molecule has 0 fully saturated rings. The first-order chi connectivity index (χ1) is 12.5. The minimum absolute atomic E-state index is 0.0142. The van der Waals surface area contributed by atoms with Gasteiger partial charge in [0.1, 0.15) is 0 Å². The lowest BCUT2D eigenvalue weighted by Gasteiger charge is -2.07. The zero-order valence-corrected chi connectivity index (χ0v) is 14.0. The third kappa shape index (κ3) is 3.38. The third-order valence-corrected chi connectivity index (χ3v) is 3.59. The fourth-order valence-corrected chi connectivity index (χ4v) is 2.22. The Hall–Kier alpha value is -3.69. The summed E-state index contributed by atoms with van der Waals surface area (Å²) < 4.78 is 5.96. The summed E-state index contributed by atoms with van der Waals surface area (Å²) in [5.41, 5.74) is 1.42. The summed E-state index contributed by atoms with van der Waals surface area (Å²) in [5.74, 6) is 0.217. The van der Waals surface area contributed by atoms with Crippen LogP contribution in [-0.4, -0.2) is 43.0 Å². The quantitative estimate of drug-likeness (QED) is 0.387. The molecular formula is C16H14N6O4. The molecule has 26 heavy (non-hydrogen) atoms. The molecule has 0 saturated heterocycles. The molecule has 0 N–H and O–H groups in total. The van der Waals surface area contributed by atoms with E-state index in [0.29, 0.717) is 23.6 Å². The zero-order valence-electron chi connectivity index (χ0n) is 14.0. The molecule has 0 aliphatic rings. The maximum absolute atomic E-state index is 11.5. The number of hydrogen-bond donors (Lipinski definition) is 0. The van der Waals surface area contributed by atoms with Gasteiger partial charge >= 0.3 is 5.97 Å². The number of benzene rings is 1. The zero-order chi connectivity index (χ0) is 18.7. The molecule has 2 aromatic heterocycles. The number of methoxy groups -OCH3 is 1. The van der Waals surface area contributed by atoms with Crippen LogP contribution in [-0.2, 0) is 11.2 Å². The van der Waals surface area contributed by atoms with Crippen LogP contribution in [0.2, 0.25) is 0 Å². The van der Waals surface area contributed by atoms with Crippen molar-refractivity contribution in [2.45, 2.75) is 13.3 Å². The van der Waals surface area contributed by atoms with Crippen LogP contribution in [0, 0.1) is 10.1 Å². The topological polar surface area (TPSA) is 126 Å². The van der Waals surface area contributed by atoms with E-state index in [2.05, 4.69) is 25.0 Å². The number of aryl methyl sites for hydroxylation is 1. The maximum atomic E-state index is 11.5. The Morgan fingerprint density at radius 3 is 2.62 bits per heavy atom. The second kappa shape index (κ2) is 7.05. The Kier molecular flexibility index (Phi) is 4.65. The molecule has 0 aliphatic carbocycles. The van der Waals surface area contributed by atoms with Gasteiger partial charge in [0.15, 0.2) is 17.3 Å². The molecule has 132 valence electrons. The van der Waals surface area contributed by atoms with E-state index >= 15 is 0 Å². The Labute approximate surface area is 147 Å². The fourth-order valence-electron chi connectivity index (χ4n) is 2.22. The van der Waals surface area contributed by atoms with Crippen LogP contribution in [0.1, 0.15) is 23.1 Å². The molecule has 0 spiro atoms. The number of rotatable bonds is 5. The molecule has 0 bridgehead atoms. The van der Waals surface area contributed by atoms with Crippen molar-refractivity contribution in [3.63, 3.8) is 0 Å². The van der Waals surface area contributed by atoms with Crippen molar-refractivity contribution in [1.82, 2.24) is 25.0 Å². The molecule has 3 aromatic rings. The molecule has 10 nitrogen and oxygen atoms in total. The van der Waals surface area contributed by atoms with E-state index in [4.69, 9.17) is 0 Å². The highest BCUT2D eigenvalue weighted by molar-refractivity contribution is 5.86. The second-order valence-electron chi connectivity index (χ2n) is 5.24. The lowest BCUT2D eigenvalue weighted by atomic mass is 10.2. The number of ether oxygens (including phenoxy) is 1. The number of aromatic nitrogens is 5. The molecule has 3 rings (SSSR count).